The summed E-state index contributed by atoms with van der Waals surface area (Å²) in [5, 5.41) is 3.47. The molecule has 1 aliphatic heterocycles. The molecule has 0 radical (unpaired) electrons. The van der Waals surface area contributed by atoms with Gasteiger partial charge in [-0.25, -0.2) is 4.39 Å². The van der Waals surface area contributed by atoms with E-state index >= 15 is 0 Å². The average molecular weight is 407 g/mol. The molecule has 0 saturated heterocycles. The first-order valence-electron chi connectivity index (χ1n) is 10.4. The van der Waals surface area contributed by atoms with E-state index in [9.17, 15) is 14.0 Å². The lowest BCUT2D eigenvalue weighted by Gasteiger charge is -2.37. The van der Waals surface area contributed by atoms with Gasteiger partial charge in [-0.3, -0.25) is 14.5 Å². The highest BCUT2D eigenvalue weighted by Crippen LogP contribution is 2.48. The molecule has 2 aromatic rings. The first-order chi connectivity index (χ1) is 14.2. The molecular formula is C25H27FN2O2. The second kappa shape index (κ2) is 7.38. The highest BCUT2D eigenvalue weighted by molar-refractivity contribution is 6.06. The second-order valence-corrected chi connectivity index (χ2v) is 9.29. The number of hydrogen-bond donors (Lipinski definition) is 1. The summed E-state index contributed by atoms with van der Waals surface area (Å²) < 4.78 is 13.7. The number of amides is 1. The Morgan fingerprint density at radius 2 is 1.77 bits per heavy atom. The summed E-state index contributed by atoms with van der Waals surface area (Å²) in [5.74, 6) is -0.668. The van der Waals surface area contributed by atoms with Gasteiger partial charge < -0.3 is 5.32 Å². The highest BCUT2D eigenvalue weighted by atomic mass is 19.1. The Balaban J connectivity index is 2.01. The summed E-state index contributed by atoms with van der Waals surface area (Å²) in [6.45, 7) is 7.87. The van der Waals surface area contributed by atoms with E-state index in [-0.39, 0.29) is 28.8 Å². The number of carbonyl (C=O) groups excluding carboxylic acids is 2. The smallest absolute Gasteiger partial charge is 0.230 e. The molecule has 30 heavy (non-hydrogen) atoms. The number of nitrogens with one attached hydrogen (secondary N) is 1. The molecule has 4 nitrogen and oxygen atoms in total. The zero-order valence-corrected chi connectivity index (χ0v) is 17.8. The third-order valence-electron chi connectivity index (χ3n) is 5.82. The van der Waals surface area contributed by atoms with E-state index < -0.39 is 6.04 Å². The van der Waals surface area contributed by atoms with Crippen molar-refractivity contribution in [2.24, 2.45) is 11.3 Å². The average Bonchev–Trinajstić information content (AvgIpc) is 2.81. The van der Waals surface area contributed by atoms with Gasteiger partial charge in [0.15, 0.2) is 5.78 Å². The molecular weight excluding hydrogens is 379 g/mol. The highest BCUT2D eigenvalue weighted by Gasteiger charge is 2.43. The van der Waals surface area contributed by atoms with Gasteiger partial charge in [-0.2, -0.15) is 0 Å². The summed E-state index contributed by atoms with van der Waals surface area (Å²) in [6, 6.07) is 13.1. The standard InChI is InChI=1S/C25H27FN2O2/c1-15(2)24(30)28-20-8-6-5-7-18(20)27-19-13-25(3,4)14-21(29)22(19)23(28)16-9-11-17(26)12-10-16/h5-12,15,23,27H,13-14H2,1-4H3/t23-/m1/s1. The fraction of sp³-hybridized carbons (Fsp3) is 0.360. The Kier molecular flexibility index (Phi) is 5.00. The number of rotatable bonds is 2. The molecule has 1 atom stereocenters. The molecule has 2 aromatic carbocycles. The number of halogens is 1. The molecule has 156 valence electrons. The number of carbonyl (C=O) groups is 2. The number of benzene rings is 2. The van der Waals surface area contributed by atoms with Gasteiger partial charge in [0.05, 0.1) is 17.4 Å². The van der Waals surface area contributed by atoms with Crippen LogP contribution in [0.1, 0.15) is 52.1 Å². The maximum absolute atomic E-state index is 13.7. The van der Waals surface area contributed by atoms with E-state index in [2.05, 4.69) is 19.2 Å². The summed E-state index contributed by atoms with van der Waals surface area (Å²) in [5.41, 5.74) is 3.52. The molecule has 0 spiro atoms. The van der Waals surface area contributed by atoms with Crippen LogP contribution in [0.4, 0.5) is 15.8 Å². The number of para-hydroxylation sites is 2. The fourth-order valence-corrected chi connectivity index (χ4v) is 4.47. The van der Waals surface area contributed by atoms with Crippen LogP contribution in [0.25, 0.3) is 0 Å². The molecule has 1 aliphatic carbocycles. The van der Waals surface area contributed by atoms with Gasteiger partial charge in [0.1, 0.15) is 5.82 Å². The molecule has 0 unspecified atom stereocenters. The molecule has 2 aliphatic rings. The Morgan fingerprint density at radius 1 is 1.10 bits per heavy atom. The monoisotopic (exact) mass is 406 g/mol. The third kappa shape index (κ3) is 3.53. The van der Waals surface area contributed by atoms with Gasteiger partial charge in [-0.1, -0.05) is 52.0 Å². The van der Waals surface area contributed by atoms with Crippen molar-refractivity contribution in [2.45, 2.75) is 46.6 Å². The summed E-state index contributed by atoms with van der Waals surface area (Å²) in [4.78, 5) is 28.6. The maximum Gasteiger partial charge on any atom is 0.230 e. The Morgan fingerprint density at radius 3 is 2.43 bits per heavy atom. The molecule has 0 aromatic heterocycles. The van der Waals surface area contributed by atoms with Crippen molar-refractivity contribution in [3.05, 3.63) is 71.2 Å². The number of Topliss-reactive ketones (excluding diaryl/α,β-unsaturated/α-hetero) is 1. The molecule has 1 heterocycles. The second-order valence-electron chi connectivity index (χ2n) is 9.29. The van der Waals surface area contributed by atoms with Crippen LogP contribution in [0, 0.1) is 17.2 Å². The minimum atomic E-state index is -0.602. The fourth-order valence-electron chi connectivity index (χ4n) is 4.47. The zero-order chi connectivity index (χ0) is 21.6. The third-order valence-corrected chi connectivity index (χ3v) is 5.82. The van der Waals surface area contributed by atoms with Crippen molar-refractivity contribution in [1.29, 1.82) is 0 Å². The summed E-state index contributed by atoms with van der Waals surface area (Å²) >= 11 is 0. The largest absolute Gasteiger partial charge is 0.357 e. The lowest BCUT2D eigenvalue weighted by atomic mass is 9.73. The van der Waals surface area contributed by atoms with Crippen LogP contribution in [0.15, 0.2) is 59.8 Å². The van der Waals surface area contributed by atoms with Gasteiger partial charge in [-0.15, -0.1) is 0 Å². The summed E-state index contributed by atoms with van der Waals surface area (Å²) in [7, 11) is 0. The molecule has 0 fully saturated rings. The van der Waals surface area contributed by atoms with E-state index in [1.807, 2.05) is 38.1 Å². The maximum atomic E-state index is 13.7. The Labute approximate surface area is 176 Å². The normalized spacial score (nSPS) is 20.4. The van der Waals surface area contributed by atoms with E-state index in [0.29, 0.717) is 18.4 Å². The number of hydrogen-bond acceptors (Lipinski definition) is 3. The predicted octanol–water partition coefficient (Wildman–Crippen LogP) is 5.62. The molecule has 1 N–H and O–H groups in total. The quantitative estimate of drug-likeness (QED) is 0.704. The zero-order valence-electron chi connectivity index (χ0n) is 17.8. The number of ketones is 1. The molecule has 5 heteroatoms. The van der Waals surface area contributed by atoms with Gasteiger partial charge in [0.25, 0.3) is 0 Å². The van der Waals surface area contributed by atoms with Crippen LogP contribution in [0.3, 0.4) is 0 Å². The van der Waals surface area contributed by atoms with Crippen LogP contribution in [0.5, 0.6) is 0 Å². The van der Waals surface area contributed by atoms with E-state index in [1.54, 1.807) is 17.0 Å². The molecule has 0 bridgehead atoms. The van der Waals surface area contributed by atoms with Gasteiger partial charge in [-0.05, 0) is 41.7 Å². The topological polar surface area (TPSA) is 49.4 Å². The van der Waals surface area contributed by atoms with Crippen LogP contribution >= 0.6 is 0 Å². The minimum Gasteiger partial charge on any atom is -0.357 e. The predicted molar refractivity (Wildman–Crippen MR) is 117 cm³/mol. The van der Waals surface area contributed by atoms with Gasteiger partial charge in [0.2, 0.25) is 5.91 Å². The van der Waals surface area contributed by atoms with Crippen LogP contribution in [0.2, 0.25) is 0 Å². The van der Waals surface area contributed by atoms with E-state index in [0.717, 1.165) is 22.6 Å². The van der Waals surface area contributed by atoms with Crippen LogP contribution in [-0.2, 0) is 9.59 Å². The molecule has 4 rings (SSSR count). The van der Waals surface area contributed by atoms with E-state index in [4.69, 9.17) is 0 Å². The van der Waals surface area contributed by atoms with Crippen molar-refractivity contribution < 1.29 is 14.0 Å². The Hall–Kier alpha value is -2.95. The van der Waals surface area contributed by atoms with Crippen LogP contribution in [-0.4, -0.2) is 11.7 Å². The van der Waals surface area contributed by atoms with E-state index in [1.165, 1.54) is 12.1 Å². The first kappa shape index (κ1) is 20.3. The molecule has 1 amide bonds. The first-order valence-corrected chi connectivity index (χ1v) is 10.4. The van der Waals surface area contributed by atoms with Crippen molar-refractivity contribution >= 4 is 23.1 Å². The summed E-state index contributed by atoms with van der Waals surface area (Å²) in [6.07, 6.45) is 1.11. The van der Waals surface area contributed by atoms with Crippen molar-refractivity contribution in [3.8, 4) is 0 Å². The van der Waals surface area contributed by atoms with Crippen LogP contribution < -0.4 is 10.2 Å². The van der Waals surface area contributed by atoms with Crippen molar-refractivity contribution in [1.82, 2.24) is 0 Å². The minimum absolute atomic E-state index is 0.0254. The number of anilines is 2. The van der Waals surface area contributed by atoms with Crippen molar-refractivity contribution in [3.63, 3.8) is 0 Å². The van der Waals surface area contributed by atoms with Crippen molar-refractivity contribution in [2.75, 3.05) is 10.2 Å². The lowest BCUT2D eigenvalue weighted by molar-refractivity contribution is -0.122. The molecule has 0 saturated carbocycles. The Bertz CT molecular complexity index is 1040. The number of nitrogens with zero attached hydrogens (tertiary/aromatic N) is 1. The lowest BCUT2D eigenvalue weighted by Crippen LogP contribution is -2.41. The van der Waals surface area contributed by atoms with Gasteiger partial charge >= 0.3 is 0 Å². The van der Waals surface area contributed by atoms with Gasteiger partial charge in [0, 0.05) is 23.6 Å². The SMILES string of the molecule is CC(C)C(=O)N1c2ccccc2NC2=C(C(=O)CC(C)(C)C2)[C@H]1c1ccc(F)cc1. The number of allylic oxidation sites excluding steroid dienone is 1. The number of fused-ring (bicyclic) bond motifs is 1.